The van der Waals surface area contributed by atoms with Crippen LogP contribution in [0.5, 0.6) is 0 Å². The smallest absolute Gasteiger partial charge is 0.244 e. The average molecular weight is 290 g/mol. The Bertz CT molecular complexity index is 825. The third-order valence-electron chi connectivity index (χ3n) is 5.82. The Morgan fingerprint density at radius 3 is 2.73 bits per heavy atom. The second kappa shape index (κ2) is 3.46. The first-order valence-corrected chi connectivity index (χ1v) is 7.51. The quantitative estimate of drug-likeness (QED) is 0.754. The summed E-state index contributed by atoms with van der Waals surface area (Å²) in [5.41, 5.74) is 2.21. The lowest BCUT2D eigenvalue weighted by Crippen LogP contribution is -2.56. The van der Waals surface area contributed by atoms with Gasteiger partial charge in [0.25, 0.3) is 0 Å². The molecule has 1 aromatic heterocycles. The minimum atomic E-state index is -0.980. The van der Waals surface area contributed by atoms with Gasteiger partial charge in [0, 0.05) is 12.1 Å². The Balaban J connectivity index is 2.01. The highest BCUT2D eigenvalue weighted by Crippen LogP contribution is 2.65. The highest BCUT2D eigenvalue weighted by atomic mass is 16.2. The molecule has 108 valence electrons. The molecule has 1 aromatic carbocycles. The second-order valence-electron chi connectivity index (χ2n) is 6.65. The highest BCUT2D eigenvalue weighted by Gasteiger charge is 2.72. The standard InChI is InChI=1S/C18H14N2O2/c1-17-9-12-10-5-2-3-7-13(10)18(17,16(22)20-15(17)21)14-11(12)6-4-8-19-14/h2-8,12H,9H2,1H3,(H,20,21,22)/t12?,17?,18-/m1/s1. The summed E-state index contributed by atoms with van der Waals surface area (Å²) in [6, 6.07) is 11.9. The van der Waals surface area contributed by atoms with Gasteiger partial charge in [0.2, 0.25) is 11.8 Å². The maximum absolute atomic E-state index is 13.0. The number of amides is 2. The maximum atomic E-state index is 13.0. The van der Waals surface area contributed by atoms with Gasteiger partial charge in [-0.25, -0.2) is 0 Å². The molecule has 1 N–H and O–H groups in total. The number of hydrogen-bond acceptors (Lipinski definition) is 3. The fraction of sp³-hybridized carbons (Fsp3) is 0.278. The van der Waals surface area contributed by atoms with Crippen molar-refractivity contribution in [2.45, 2.75) is 24.7 Å². The molecule has 4 nitrogen and oxygen atoms in total. The highest BCUT2D eigenvalue weighted by molar-refractivity contribution is 6.15. The molecular weight excluding hydrogens is 276 g/mol. The van der Waals surface area contributed by atoms with Crippen molar-refractivity contribution in [3.63, 3.8) is 0 Å². The van der Waals surface area contributed by atoms with Gasteiger partial charge in [-0.3, -0.25) is 19.9 Å². The van der Waals surface area contributed by atoms with Crippen LogP contribution in [0.15, 0.2) is 42.6 Å². The van der Waals surface area contributed by atoms with Gasteiger partial charge in [-0.2, -0.15) is 0 Å². The Morgan fingerprint density at radius 1 is 1.09 bits per heavy atom. The van der Waals surface area contributed by atoms with E-state index in [1.165, 1.54) is 0 Å². The van der Waals surface area contributed by atoms with Crippen molar-refractivity contribution in [3.05, 3.63) is 65.0 Å². The summed E-state index contributed by atoms with van der Waals surface area (Å²) in [5.74, 6) is -0.276. The first kappa shape index (κ1) is 12.1. The molecule has 2 bridgehead atoms. The molecule has 2 amide bonds. The molecule has 1 fully saturated rings. The minimum absolute atomic E-state index is 0.128. The molecule has 3 aliphatic carbocycles. The number of benzene rings is 1. The summed E-state index contributed by atoms with van der Waals surface area (Å²) >= 11 is 0. The van der Waals surface area contributed by atoms with Crippen molar-refractivity contribution in [2.24, 2.45) is 5.41 Å². The number of nitrogens with zero attached hydrogens (tertiary/aromatic N) is 1. The van der Waals surface area contributed by atoms with E-state index in [1.54, 1.807) is 6.20 Å². The number of aromatic nitrogens is 1. The average Bonchev–Trinajstić information content (AvgIpc) is 2.75. The number of carbonyl (C=O) groups is 2. The van der Waals surface area contributed by atoms with Gasteiger partial charge in [0.05, 0.1) is 11.1 Å². The zero-order valence-electron chi connectivity index (χ0n) is 12.1. The molecule has 3 atom stereocenters. The molecule has 1 saturated heterocycles. The van der Waals surface area contributed by atoms with Crippen LogP contribution in [-0.2, 0) is 15.0 Å². The van der Waals surface area contributed by atoms with Gasteiger partial charge in [0.1, 0.15) is 5.41 Å². The minimum Gasteiger partial charge on any atom is -0.295 e. The van der Waals surface area contributed by atoms with E-state index in [0.717, 1.165) is 22.4 Å². The van der Waals surface area contributed by atoms with Crippen molar-refractivity contribution in [2.75, 3.05) is 0 Å². The number of rotatable bonds is 0. The molecule has 2 unspecified atom stereocenters. The van der Waals surface area contributed by atoms with Gasteiger partial charge in [-0.05, 0) is 36.1 Å². The SMILES string of the molecule is CC12CC3c4ccccc4[C@]1(C(=O)NC2=O)c1ncccc13. The van der Waals surface area contributed by atoms with Crippen molar-refractivity contribution < 1.29 is 9.59 Å². The largest absolute Gasteiger partial charge is 0.295 e. The Labute approximate surface area is 127 Å². The van der Waals surface area contributed by atoms with Crippen LogP contribution in [0.1, 0.15) is 41.6 Å². The molecule has 1 aliphatic heterocycles. The van der Waals surface area contributed by atoms with Crippen LogP contribution in [0, 0.1) is 5.41 Å². The molecule has 6 rings (SSSR count). The van der Waals surface area contributed by atoms with Gasteiger partial charge in [-0.15, -0.1) is 0 Å². The summed E-state index contributed by atoms with van der Waals surface area (Å²) in [4.78, 5) is 30.1. The van der Waals surface area contributed by atoms with E-state index in [1.807, 2.05) is 37.3 Å². The Hall–Kier alpha value is -2.49. The van der Waals surface area contributed by atoms with Crippen LogP contribution in [-0.4, -0.2) is 16.8 Å². The molecule has 1 spiro atoms. The van der Waals surface area contributed by atoms with E-state index < -0.39 is 10.8 Å². The number of imide groups is 1. The zero-order chi connectivity index (χ0) is 15.1. The lowest BCUT2D eigenvalue weighted by Gasteiger charge is -2.52. The summed E-state index contributed by atoms with van der Waals surface area (Å²) in [6.45, 7) is 1.91. The Kier molecular flexibility index (Phi) is 1.90. The van der Waals surface area contributed by atoms with Crippen LogP contribution in [0.4, 0.5) is 0 Å². The van der Waals surface area contributed by atoms with Crippen molar-refractivity contribution in [3.8, 4) is 0 Å². The lowest BCUT2D eigenvalue weighted by molar-refractivity contribution is -0.129. The topological polar surface area (TPSA) is 59.1 Å². The molecule has 0 saturated carbocycles. The maximum Gasteiger partial charge on any atom is 0.244 e. The number of pyridine rings is 1. The van der Waals surface area contributed by atoms with Crippen LogP contribution in [0.25, 0.3) is 0 Å². The fourth-order valence-corrected chi connectivity index (χ4v) is 4.87. The molecule has 4 heteroatoms. The van der Waals surface area contributed by atoms with E-state index in [-0.39, 0.29) is 17.7 Å². The van der Waals surface area contributed by atoms with E-state index >= 15 is 0 Å². The first-order valence-electron chi connectivity index (χ1n) is 7.51. The summed E-state index contributed by atoms with van der Waals surface area (Å²) in [6.07, 6.45) is 2.37. The summed E-state index contributed by atoms with van der Waals surface area (Å²) in [5, 5.41) is 2.58. The van der Waals surface area contributed by atoms with Gasteiger partial charge < -0.3 is 0 Å². The van der Waals surface area contributed by atoms with Gasteiger partial charge >= 0.3 is 0 Å². The van der Waals surface area contributed by atoms with Crippen LogP contribution < -0.4 is 5.32 Å². The van der Waals surface area contributed by atoms with Gasteiger partial charge in [0.15, 0.2) is 0 Å². The zero-order valence-corrected chi connectivity index (χ0v) is 12.1. The molecule has 2 heterocycles. The molecular formula is C18H14N2O2. The summed E-state index contributed by atoms with van der Waals surface area (Å²) in [7, 11) is 0. The number of hydrogen-bond donors (Lipinski definition) is 1. The molecule has 22 heavy (non-hydrogen) atoms. The van der Waals surface area contributed by atoms with Crippen molar-refractivity contribution in [1.82, 2.24) is 10.3 Å². The predicted octanol–water partition coefficient (Wildman–Crippen LogP) is 1.88. The van der Waals surface area contributed by atoms with E-state index in [9.17, 15) is 9.59 Å². The van der Waals surface area contributed by atoms with Gasteiger partial charge in [-0.1, -0.05) is 30.3 Å². The molecule has 0 radical (unpaired) electrons. The Morgan fingerprint density at radius 2 is 1.86 bits per heavy atom. The molecule has 2 aromatic rings. The molecule has 4 aliphatic rings. The third kappa shape index (κ3) is 0.988. The van der Waals surface area contributed by atoms with Crippen LogP contribution >= 0.6 is 0 Å². The lowest BCUT2D eigenvalue weighted by atomic mass is 9.46. The third-order valence-corrected chi connectivity index (χ3v) is 5.82. The van der Waals surface area contributed by atoms with Crippen LogP contribution in [0.2, 0.25) is 0 Å². The van der Waals surface area contributed by atoms with E-state index in [2.05, 4.69) is 16.4 Å². The number of nitrogens with one attached hydrogen (secondary N) is 1. The van der Waals surface area contributed by atoms with Crippen molar-refractivity contribution >= 4 is 11.8 Å². The van der Waals surface area contributed by atoms with E-state index in [0.29, 0.717) is 6.42 Å². The predicted molar refractivity (Wildman–Crippen MR) is 79.2 cm³/mol. The van der Waals surface area contributed by atoms with Crippen molar-refractivity contribution in [1.29, 1.82) is 0 Å². The number of carbonyl (C=O) groups excluding carboxylic acids is 2. The van der Waals surface area contributed by atoms with E-state index in [4.69, 9.17) is 0 Å². The van der Waals surface area contributed by atoms with Crippen LogP contribution in [0.3, 0.4) is 0 Å². The normalized spacial score (nSPS) is 34.0. The monoisotopic (exact) mass is 290 g/mol. The summed E-state index contributed by atoms with van der Waals surface area (Å²) < 4.78 is 0. The first-order chi connectivity index (χ1) is 10.6. The fourth-order valence-electron chi connectivity index (χ4n) is 4.87. The second-order valence-corrected chi connectivity index (χ2v) is 6.65.